The van der Waals surface area contributed by atoms with Crippen molar-refractivity contribution in [2.75, 3.05) is 5.73 Å². The molecule has 2 heterocycles. The Bertz CT molecular complexity index is 1230. The van der Waals surface area contributed by atoms with Gasteiger partial charge in [0.25, 0.3) is 0 Å². The Balaban J connectivity index is 1.84. The van der Waals surface area contributed by atoms with E-state index in [2.05, 4.69) is 15.0 Å². The number of fused-ring (bicyclic) bond motifs is 2. The average Bonchev–Trinajstić information content (AvgIpc) is 3.03. The molecule has 0 saturated heterocycles. The zero-order valence-electron chi connectivity index (χ0n) is 14.2. The minimum absolute atomic E-state index is 0.0557. The summed E-state index contributed by atoms with van der Waals surface area (Å²) in [5.74, 6) is -1.49. The second kappa shape index (κ2) is 6.22. The van der Waals surface area contributed by atoms with Crippen LogP contribution in [0.3, 0.4) is 0 Å². The molecule has 0 unspecified atom stereocenters. The molecule has 0 aliphatic heterocycles. The highest BCUT2D eigenvalue weighted by molar-refractivity contribution is 6.06. The summed E-state index contributed by atoms with van der Waals surface area (Å²) < 4.78 is 37.8. The normalized spacial score (nSPS) is 12.0. The lowest BCUT2D eigenvalue weighted by atomic mass is 9.98. The molecular weight excluding hydrogens is 373 g/mol. The number of nitrogens with one attached hydrogen (secondary N) is 1. The number of alkyl halides is 3. The molecule has 0 fully saturated rings. The Morgan fingerprint density at radius 2 is 1.96 bits per heavy atom. The van der Waals surface area contributed by atoms with Gasteiger partial charge < -0.3 is 15.8 Å². The number of aromatic nitrogens is 3. The predicted molar refractivity (Wildman–Crippen MR) is 98.0 cm³/mol. The second-order valence-corrected chi connectivity index (χ2v) is 6.29. The number of aromatic carboxylic acids is 1. The number of halogens is 3. The molecule has 2 aromatic carbocycles. The number of anilines is 1. The van der Waals surface area contributed by atoms with Crippen LogP contribution in [0.4, 0.5) is 19.0 Å². The number of carboxylic acids is 1. The number of rotatable bonds is 3. The maximum Gasteiger partial charge on any atom is 0.396 e. The first-order valence-electron chi connectivity index (χ1n) is 8.19. The van der Waals surface area contributed by atoms with Crippen molar-refractivity contribution in [3.05, 3.63) is 54.0 Å². The minimum Gasteiger partial charge on any atom is -0.478 e. The van der Waals surface area contributed by atoms with Crippen LogP contribution in [0.25, 0.3) is 32.9 Å². The first kappa shape index (κ1) is 17.8. The van der Waals surface area contributed by atoms with E-state index in [0.717, 1.165) is 0 Å². The number of hydrogen-bond acceptors (Lipinski definition) is 4. The molecule has 4 aromatic rings. The summed E-state index contributed by atoms with van der Waals surface area (Å²) in [6, 6.07) is 10.1. The van der Waals surface area contributed by atoms with Crippen LogP contribution in [0.5, 0.6) is 0 Å². The van der Waals surface area contributed by atoms with Crippen molar-refractivity contribution in [2.24, 2.45) is 0 Å². The average molecular weight is 386 g/mol. The molecule has 9 heteroatoms. The molecule has 0 amide bonds. The van der Waals surface area contributed by atoms with Crippen molar-refractivity contribution >= 4 is 33.6 Å². The zero-order valence-corrected chi connectivity index (χ0v) is 14.2. The van der Waals surface area contributed by atoms with Crippen LogP contribution in [0, 0.1) is 0 Å². The molecule has 0 saturated carbocycles. The second-order valence-electron chi connectivity index (χ2n) is 6.29. The Morgan fingerprint density at radius 3 is 2.68 bits per heavy atom. The van der Waals surface area contributed by atoms with Crippen LogP contribution in [-0.2, 0) is 6.42 Å². The summed E-state index contributed by atoms with van der Waals surface area (Å²) >= 11 is 0. The monoisotopic (exact) mass is 386 g/mol. The predicted octanol–water partition coefficient (Wildman–Crippen LogP) is 4.16. The van der Waals surface area contributed by atoms with Crippen molar-refractivity contribution in [1.82, 2.24) is 15.0 Å². The number of nitrogens with zero attached hydrogens (tertiary/aromatic N) is 2. The van der Waals surface area contributed by atoms with E-state index in [0.29, 0.717) is 27.3 Å². The summed E-state index contributed by atoms with van der Waals surface area (Å²) in [5, 5.41) is 11.0. The van der Waals surface area contributed by atoms with Crippen molar-refractivity contribution < 1.29 is 23.1 Å². The third kappa shape index (κ3) is 3.11. The van der Waals surface area contributed by atoms with Crippen molar-refractivity contribution in [2.45, 2.75) is 12.6 Å². The fourth-order valence-electron chi connectivity index (χ4n) is 3.23. The molecule has 142 valence electrons. The summed E-state index contributed by atoms with van der Waals surface area (Å²) in [6.45, 7) is 0. The Hall–Kier alpha value is -3.62. The fourth-order valence-corrected chi connectivity index (χ4v) is 3.23. The van der Waals surface area contributed by atoms with Gasteiger partial charge in [-0.05, 0) is 28.5 Å². The highest BCUT2D eigenvalue weighted by Gasteiger charge is 2.30. The van der Waals surface area contributed by atoms with Crippen molar-refractivity contribution in [3.8, 4) is 11.1 Å². The molecule has 0 spiro atoms. The molecule has 28 heavy (non-hydrogen) atoms. The summed E-state index contributed by atoms with van der Waals surface area (Å²) in [5.41, 5.74) is 7.64. The highest BCUT2D eigenvalue weighted by atomic mass is 19.4. The van der Waals surface area contributed by atoms with E-state index in [-0.39, 0.29) is 17.0 Å². The molecule has 0 bridgehead atoms. The largest absolute Gasteiger partial charge is 0.478 e. The Kier molecular flexibility index (Phi) is 3.95. The molecule has 0 radical (unpaired) electrons. The van der Waals surface area contributed by atoms with Gasteiger partial charge in [-0.3, -0.25) is 0 Å². The third-order valence-corrected chi connectivity index (χ3v) is 4.39. The lowest BCUT2D eigenvalue weighted by Crippen LogP contribution is -2.15. The van der Waals surface area contributed by atoms with Gasteiger partial charge in [-0.15, -0.1) is 0 Å². The van der Waals surface area contributed by atoms with Gasteiger partial charge in [0.15, 0.2) is 0 Å². The van der Waals surface area contributed by atoms with Gasteiger partial charge in [-0.25, -0.2) is 14.8 Å². The molecule has 0 atom stereocenters. The van der Waals surface area contributed by atoms with Crippen LogP contribution in [0.15, 0.2) is 42.6 Å². The summed E-state index contributed by atoms with van der Waals surface area (Å²) in [4.78, 5) is 21.9. The number of nitrogens with two attached hydrogens (primary N) is 1. The first-order chi connectivity index (χ1) is 13.2. The topological polar surface area (TPSA) is 105 Å². The SMILES string of the molecule is Nc1nc(CC(F)(F)F)nc2[nH]cc(-c3ccc4c(C(=O)O)cccc4c3)c12. The van der Waals surface area contributed by atoms with Crippen LogP contribution >= 0.6 is 0 Å². The number of H-pyrrole nitrogens is 1. The van der Waals surface area contributed by atoms with Gasteiger partial charge in [0.1, 0.15) is 23.7 Å². The van der Waals surface area contributed by atoms with Gasteiger partial charge in [0.05, 0.1) is 10.9 Å². The van der Waals surface area contributed by atoms with Gasteiger partial charge in [-0.2, -0.15) is 13.2 Å². The van der Waals surface area contributed by atoms with E-state index in [1.54, 1.807) is 36.5 Å². The third-order valence-electron chi connectivity index (χ3n) is 4.39. The maximum absolute atomic E-state index is 12.6. The van der Waals surface area contributed by atoms with Crippen molar-refractivity contribution in [1.29, 1.82) is 0 Å². The maximum atomic E-state index is 12.6. The standard InChI is InChI=1S/C19H13F3N4O2/c20-19(21,22)7-14-25-16(23)15-13(8-24-17(15)26-14)10-4-5-11-9(6-10)2-1-3-12(11)18(27)28/h1-6,8H,7H2,(H,27,28)(H3,23,24,25,26). The van der Waals surface area contributed by atoms with Crippen LogP contribution in [0.1, 0.15) is 16.2 Å². The molecule has 0 aliphatic carbocycles. The van der Waals surface area contributed by atoms with E-state index < -0.39 is 24.4 Å². The quantitative estimate of drug-likeness (QED) is 0.490. The number of aromatic amines is 1. The van der Waals surface area contributed by atoms with E-state index >= 15 is 0 Å². The molecule has 0 aliphatic rings. The molecule has 2 aromatic heterocycles. The minimum atomic E-state index is -4.43. The number of carbonyl (C=O) groups is 1. The number of nitrogen functional groups attached to an aromatic ring is 1. The van der Waals surface area contributed by atoms with Gasteiger partial charge in [0, 0.05) is 11.8 Å². The Morgan fingerprint density at radius 1 is 1.18 bits per heavy atom. The smallest absolute Gasteiger partial charge is 0.396 e. The first-order valence-corrected chi connectivity index (χ1v) is 8.19. The van der Waals surface area contributed by atoms with E-state index in [4.69, 9.17) is 5.73 Å². The number of hydrogen-bond donors (Lipinski definition) is 3. The molecule has 4 rings (SSSR count). The molecule has 4 N–H and O–H groups in total. The number of carboxylic acid groups (broad SMARTS) is 1. The molecule has 6 nitrogen and oxygen atoms in total. The van der Waals surface area contributed by atoms with Gasteiger partial charge in [-0.1, -0.05) is 24.3 Å². The van der Waals surface area contributed by atoms with E-state index in [1.165, 1.54) is 6.07 Å². The molecular formula is C19H13F3N4O2. The van der Waals surface area contributed by atoms with Crippen LogP contribution in [0.2, 0.25) is 0 Å². The summed E-state index contributed by atoms with van der Waals surface area (Å²) in [7, 11) is 0. The zero-order chi connectivity index (χ0) is 20.1. The fraction of sp³-hybridized carbons (Fsp3) is 0.105. The van der Waals surface area contributed by atoms with E-state index in [1.807, 2.05) is 0 Å². The van der Waals surface area contributed by atoms with E-state index in [9.17, 15) is 23.1 Å². The van der Waals surface area contributed by atoms with Gasteiger partial charge >= 0.3 is 12.1 Å². The van der Waals surface area contributed by atoms with Crippen molar-refractivity contribution in [3.63, 3.8) is 0 Å². The summed E-state index contributed by atoms with van der Waals surface area (Å²) in [6.07, 6.45) is -4.11. The Labute approximate surface area is 155 Å². The lowest BCUT2D eigenvalue weighted by molar-refractivity contribution is -0.128. The highest BCUT2D eigenvalue weighted by Crippen LogP contribution is 2.34. The lowest BCUT2D eigenvalue weighted by Gasteiger charge is -2.08. The van der Waals surface area contributed by atoms with Crippen LogP contribution < -0.4 is 5.73 Å². The van der Waals surface area contributed by atoms with Gasteiger partial charge in [0.2, 0.25) is 0 Å². The number of benzene rings is 2. The van der Waals surface area contributed by atoms with Crippen LogP contribution in [-0.4, -0.2) is 32.2 Å².